The Bertz CT molecular complexity index is 827. The van der Waals surface area contributed by atoms with Crippen molar-refractivity contribution < 1.29 is 35.5 Å². The molecule has 0 bridgehead atoms. The van der Waals surface area contributed by atoms with Crippen molar-refractivity contribution in [2.24, 2.45) is 5.41 Å². The van der Waals surface area contributed by atoms with Gasteiger partial charge in [-0.05, 0) is 31.4 Å². The van der Waals surface area contributed by atoms with Gasteiger partial charge in [0.2, 0.25) is 15.9 Å². The summed E-state index contributed by atoms with van der Waals surface area (Å²) in [6.07, 6.45) is -3.95. The number of hydrogen-bond acceptors (Lipinski definition) is 4. The monoisotopic (exact) mass is 396 g/mol. The fourth-order valence-corrected chi connectivity index (χ4v) is 5.20. The summed E-state index contributed by atoms with van der Waals surface area (Å²) in [5, 5.41) is 2.64. The molecule has 3 rings (SSSR count). The lowest BCUT2D eigenvalue weighted by molar-refractivity contribution is -0.275. The van der Waals surface area contributed by atoms with Gasteiger partial charge in [-0.1, -0.05) is 6.07 Å². The molecule has 1 aromatic rings. The zero-order chi connectivity index (χ0) is 19.2. The van der Waals surface area contributed by atoms with Crippen molar-refractivity contribution in [2.75, 3.05) is 19.6 Å². The van der Waals surface area contributed by atoms with Crippen LogP contribution in [-0.2, 0) is 14.8 Å². The van der Waals surface area contributed by atoms with Crippen molar-refractivity contribution in [1.29, 1.82) is 0 Å². The van der Waals surface area contributed by atoms with Gasteiger partial charge in [-0.3, -0.25) is 4.79 Å². The van der Waals surface area contributed by atoms with E-state index < -0.39 is 38.3 Å². The van der Waals surface area contributed by atoms with Gasteiger partial charge < -0.3 is 10.1 Å². The van der Waals surface area contributed by atoms with E-state index in [9.17, 15) is 30.8 Å². The molecule has 0 saturated carbocycles. The maximum absolute atomic E-state index is 14.2. The van der Waals surface area contributed by atoms with Crippen molar-refractivity contribution in [1.82, 2.24) is 9.62 Å². The number of halogens is 4. The Morgan fingerprint density at radius 1 is 1.23 bits per heavy atom. The number of amides is 1. The van der Waals surface area contributed by atoms with E-state index >= 15 is 0 Å². The normalized spacial score (nSPS) is 24.7. The summed E-state index contributed by atoms with van der Waals surface area (Å²) >= 11 is 0. The van der Waals surface area contributed by atoms with Gasteiger partial charge in [0, 0.05) is 19.6 Å². The fraction of sp³-hybridized carbons (Fsp3) is 0.533. The average molecular weight is 396 g/mol. The minimum atomic E-state index is -5.17. The van der Waals surface area contributed by atoms with Crippen LogP contribution in [-0.4, -0.2) is 44.6 Å². The number of nitrogens with zero attached hydrogens (tertiary/aromatic N) is 1. The minimum Gasteiger partial charge on any atom is -0.404 e. The van der Waals surface area contributed by atoms with Crippen LogP contribution in [0.5, 0.6) is 5.75 Å². The molecule has 144 valence electrons. The molecule has 0 aliphatic carbocycles. The highest BCUT2D eigenvalue weighted by molar-refractivity contribution is 7.89. The van der Waals surface area contributed by atoms with Gasteiger partial charge in [0.15, 0.2) is 10.6 Å². The second-order valence-corrected chi connectivity index (χ2v) is 8.22. The first-order valence-electron chi connectivity index (χ1n) is 7.88. The van der Waals surface area contributed by atoms with Crippen molar-refractivity contribution >= 4 is 15.9 Å². The quantitative estimate of drug-likeness (QED) is 0.794. The zero-order valence-corrected chi connectivity index (χ0v) is 14.3. The lowest BCUT2D eigenvalue weighted by atomic mass is 9.79. The van der Waals surface area contributed by atoms with Crippen LogP contribution in [0.4, 0.5) is 17.6 Å². The molecule has 0 radical (unpaired) electrons. The van der Waals surface area contributed by atoms with E-state index in [1.807, 2.05) is 0 Å². The van der Waals surface area contributed by atoms with E-state index in [1.165, 1.54) is 0 Å². The topological polar surface area (TPSA) is 75.7 Å². The second kappa shape index (κ2) is 6.38. The molecule has 1 aromatic carbocycles. The Hall–Kier alpha value is -1.88. The van der Waals surface area contributed by atoms with Crippen LogP contribution in [0.25, 0.3) is 0 Å². The summed E-state index contributed by atoms with van der Waals surface area (Å²) in [6, 6.07) is 2.42. The summed E-state index contributed by atoms with van der Waals surface area (Å²) in [5.74, 6) is -2.77. The first-order valence-corrected chi connectivity index (χ1v) is 9.32. The highest BCUT2D eigenvalue weighted by Crippen LogP contribution is 2.40. The van der Waals surface area contributed by atoms with E-state index in [4.69, 9.17) is 0 Å². The third kappa shape index (κ3) is 3.37. The Kier molecular flexibility index (Phi) is 4.63. The average Bonchev–Trinajstić information content (AvgIpc) is 2.86. The van der Waals surface area contributed by atoms with E-state index in [0.29, 0.717) is 25.8 Å². The van der Waals surface area contributed by atoms with Gasteiger partial charge in [0.1, 0.15) is 5.82 Å². The molecule has 2 heterocycles. The van der Waals surface area contributed by atoms with Gasteiger partial charge in [0.05, 0.1) is 5.41 Å². The van der Waals surface area contributed by atoms with Gasteiger partial charge in [-0.25, -0.2) is 12.8 Å². The number of carbonyl (C=O) groups is 1. The highest BCUT2D eigenvalue weighted by Gasteiger charge is 2.49. The molecule has 1 N–H and O–H groups in total. The predicted molar refractivity (Wildman–Crippen MR) is 81.1 cm³/mol. The van der Waals surface area contributed by atoms with Gasteiger partial charge >= 0.3 is 6.36 Å². The Morgan fingerprint density at radius 2 is 1.96 bits per heavy atom. The fourth-order valence-electron chi connectivity index (χ4n) is 3.47. The zero-order valence-electron chi connectivity index (χ0n) is 13.5. The number of rotatable bonds is 3. The summed E-state index contributed by atoms with van der Waals surface area (Å²) in [6.45, 7) is 0.174. The SMILES string of the molecule is O=C1NCCC12CCCN(S(=O)(=O)c1c(F)cccc1OC(F)(F)F)C2. The summed E-state index contributed by atoms with van der Waals surface area (Å²) < 4.78 is 82.2. The van der Waals surface area contributed by atoms with Crippen LogP contribution in [0.2, 0.25) is 0 Å². The number of sulfonamides is 1. The van der Waals surface area contributed by atoms with E-state index in [0.717, 1.165) is 22.5 Å². The maximum atomic E-state index is 14.2. The summed E-state index contributed by atoms with van der Waals surface area (Å²) in [7, 11) is -4.63. The molecule has 1 atom stereocenters. The van der Waals surface area contributed by atoms with E-state index in [2.05, 4.69) is 10.1 Å². The third-order valence-corrected chi connectivity index (χ3v) is 6.57. The van der Waals surface area contributed by atoms with Gasteiger partial charge in [-0.2, -0.15) is 4.31 Å². The number of piperidine rings is 1. The summed E-state index contributed by atoms with van der Waals surface area (Å²) in [5.41, 5.74) is -0.929. The molecule has 1 spiro atoms. The lowest BCUT2D eigenvalue weighted by Crippen LogP contribution is -2.49. The first kappa shape index (κ1) is 18.9. The van der Waals surface area contributed by atoms with E-state index in [-0.39, 0.29) is 19.0 Å². The molecule has 2 fully saturated rings. The molecular formula is C15H16F4N2O4S. The van der Waals surface area contributed by atoms with Crippen molar-refractivity contribution in [3.63, 3.8) is 0 Å². The molecule has 2 aliphatic rings. The molecule has 0 aromatic heterocycles. The molecule has 2 aliphatic heterocycles. The standard InChI is InChI=1S/C15H16F4N2O4S/c16-10-3-1-4-11(25-15(17,18)19)12(10)26(23,24)21-8-2-5-14(9-21)6-7-20-13(14)22/h1,3-4H,2,5-9H2,(H,20,22). The molecule has 2 saturated heterocycles. The van der Waals surface area contributed by atoms with Crippen molar-refractivity contribution in [3.8, 4) is 5.75 Å². The molecule has 6 nitrogen and oxygen atoms in total. The Labute approximate surface area is 147 Å². The number of alkyl halides is 3. The molecule has 1 unspecified atom stereocenters. The molecular weight excluding hydrogens is 380 g/mol. The van der Waals surface area contributed by atoms with E-state index in [1.54, 1.807) is 0 Å². The molecule has 1 amide bonds. The van der Waals surface area contributed by atoms with Crippen LogP contribution in [0, 0.1) is 11.2 Å². The highest BCUT2D eigenvalue weighted by atomic mass is 32.2. The van der Waals surface area contributed by atoms with Gasteiger partial charge in [-0.15, -0.1) is 13.2 Å². The van der Waals surface area contributed by atoms with Crippen LogP contribution >= 0.6 is 0 Å². The number of ether oxygens (including phenoxy) is 1. The predicted octanol–water partition coefficient (Wildman–Crippen LogP) is 2.02. The van der Waals surface area contributed by atoms with Crippen molar-refractivity contribution in [2.45, 2.75) is 30.5 Å². The number of benzene rings is 1. The number of carbonyl (C=O) groups excluding carboxylic acids is 1. The minimum absolute atomic E-state index is 0.0167. The Balaban J connectivity index is 1.99. The van der Waals surface area contributed by atoms with Crippen molar-refractivity contribution in [3.05, 3.63) is 24.0 Å². The summed E-state index contributed by atoms with van der Waals surface area (Å²) in [4.78, 5) is 10.9. The number of nitrogens with one attached hydrogen (secondary N) is 1. The first-order chi connectivity index (χ1) is 12.1. The van der Waals surface area contributed by atoms with Crippen LogP contribution in [0.15, 0.2) is 23.1 Å². The van der Waals surface area contributed by atoms with Crippen LogP contribution < -0.4 is 10.1 Å². The van der Waals surface area contributed by atoms with Crippen LogP contribution in [0.1, 0.15) is 19.3 Å². The third-order valence-electron chi connectivity index (χ3n) is 4.67. The van der Waals surface area contributed by atoms with Crippen LogP contribution in [0.3, 0.4) is 0 Å². The second-order valence-electron chi connectivity index (χ2n) is 6.34. The molecule has 26 heavy (non-hydrogen) atoms. The largest absolute Gasteiger partial charge is 0.573 e. The smallest absolute Gasteiger partial charge is 0.404 e. The Morgan fingerprint density at radius 3 is 2.58 bits per heavy atom. The number of hydrogen-bond donors (Lipinski definition) is 1. The molecule has 11 heteroatoms. The lowest BCUT2D eigenvalue weighted by Gasteiger charge is -2.37. The maximum Gasteiger partial charge on any atom is 0.573 e. The van der Waals surface area contributed by atoms with Gasteiger partial charge in [0.25, 0.3) is 0 Å².